The van der Waals surface area contributed by atoms with Gasteiger partial charge in [-0.2, -0.15) is 0 Å². The van der Waals surface area contributed by atoms with Crippen molar-refractivity contribution in [1.29, 1.82) is 0 Å². The lowest BCUT2D eigenvalue weighted by Gasteiger charge is -2.18. The lowest BCUT2D eigenvalue weighted by atomic mass is 10.1. The van der Waals surface area contributed by atoms with Crippen LogP contribution < -0.4 is 16.0 Å². The number of hydrogen-bond donors (Lipinski definition) is 7. The molecule has 0 unspecified atom stereocenters. The van der Waals surface area contributed by atoms with E-state index in [1.165, 1.54) is 53.3 Å². The van der Waals surface area contributed by atoms with Crippen molar-refractivity contribution >= 4 is 41.5 Å². The number of rotatable bonds is 16. The van der Waals surface area contributed by atoms with Crippen LogP contribution in [0.25, 0.3) is 5.69 Å². The van der Waals surface area contributed by atoms with Crippen LogP contribution in [0.3, 0.4) is 0 Å². The van der Waals surface area contributed by atoms with E-state index in [2.05, 4.69) is 20.9 Å². The maximum Gasteiger partial charge on any atom is 0.335 e. The number of aromatic nitrogens is 3. The maximum absolute atomic E-state index is 13.0. The first-order chi connectivity index (χ1) is 21.4. The number of nitrogens with one attached hydrogen (secondary N) is 3. The fourth-order valence-electron chi connectivity index (χ4n) is 4.03. The van der Waals surface area contributed by atoms with Crippen LogP contribution in [0.4, 0.5) is 14.9 Å². The average Bonchev–Trinajstić information content (AvgIpc) is 3.47. The van der Waals surface area contributed by atoms with Crippen molar-refractivity contribution in [3.63, 3.8) is 0 Å². The number of alkyl halides is 1. The van der Waals surface area contributed by atoms with Crippen LogP contribution in [0.1, 0.15) is 51.2 Å². The van der Waals surface area contributed by atoms with E-state index >= 15 is 0 Å². The van der Waals surface area contributed by atoms with Crippen LogP contribution in [-0.2, 0) is 27.2 Å². The second kappa shape index (κ2) is 15.6. The van der Waals surface area contributed by atoms with Gasteiger partial charge >= 0.3 is 29.9 Å². The minimum absolute atomic E-state index is 0.0149. The molecular formula is C28H29FN6O10. The second-order valence-electron chi connectivity index (χ2n) is 9.71. The molecule has 16 nitrogen and oxygen atoms in total. The largest absolute Gasteiger partial charge is 0.481 e. The summed E-state index contributed by atoms with van der Waals surface area (Å²) in [5.41, 5.74) is 1.22. The number of hydrogen-bond acceptors (Lipinski definition) is 8. The van der Waals surface area contributed by atoms with E-state index in [4.69, 9.17) is 5.11 Å². The average molecular weight is 629 g/mol. The van der Waals surface area contributed by atoms with Gasteiger partial charge in [-0.15, -0.1) is 5.10 Å². The molecule has 2 atom stereocenters. The standard InChI is InChI=1S/C28H29FN6O10/c29-9-1-2-19-14-35(34-33-19)20-12-16(11-17(13-20)25(39)40)24(38)30-18-5-3-15(4-6-18)10-22(27(43)44)32-28(45)31-21(26(41)42)7-8-23(36)37/h3-6,11-14,21-22H,1-2,7-10H2,(H,30,38)(H,36,37)(H,39,40)(H,41,42)(H,43,44)(H2,31,32,45)/t21-,22-/m0/s1. The molecule has 2 aromatic carbocycles. The van der Waals surface area contributed by atoms with Gasteiger partial charge in [0, 0.05) is 24.1 Å². The number of aromatic carboxylic acids is 1. The van der Waals surface area contributed by atoms with Crippen molar-refractivity contribution in [2.45, 2.75) is 44.2 Å². The van der Waals surface area contributed by atoms with Crippen LogP contribution >= 0.6 is 0 Å². The molecule has 238 valence electrons. The molecule has 0 bridgehead atoms. The molecule has 0 fully saturated rings. The number of aliphatic carboxylic acids is 3. The van der Waals surface area contributed by atoms with Crippen molar-refractivity contribution in [3.05, 3.63) is 71.0 Å². The van der Waals surface area contributed by atoms with E-state index in [1.54, 1.807) is 0 Å². The van der Waals surface area contributed by atoms with Crippen molar-refractivity contribution in [1.82, 2.24) is 25.6 Å². The SMILES string of the molecule is O=C(O)CC[C@H](NC(=O)N[C@@H](Cc1ccc(NC(=O)c2cc(C(=O)O)cc(-n3cc(CCCF)nn3)c2)cc1)C(=O)O)C(=O)O. The zero-order valence-electron chi connectivity index (χ0n) is 23.5. The van der Waals surface area contributed by atoms with Crippen molar-refractivity contribution in [3.8, 4) is 5.69 Å². The number of amides is 3. The Bertz CT molecular complexity index is 1580. The first-order valence-electron chi connectivity index (χ1n) is 13.4. The molecule has 0 aliphatic carbocycles. The highest BCUT2D eigenvalue weighted by molar-refractivity contribution is 6.06. The Labute approximate surface area is 253 Å². The molecule has 0 saturated carbocycles. The Balaban J connectivity index is 1.68. The number of nitrogens with zero attached hydrogens (tertiary/aromatic N) is 3. The van der Waals surface area contributed by atoms with Crippen LogP contribution in [0.15, 0.2) is 48.7 Å². The van der Waals surface area contributed by atoms with Crippen molar-refractivity contribution in [2.75, 3.05) is 12.0 Å². The normalized spacial score (nSPS) is 12.0. The van der Waals surface area contributed by atoms with Gasteiger partial charge in [0.15, 0.2) is 0 Å². The Morgan fingerprint density at radius 2 is 1.51 bits per heavy atom. The Kier molecular flexibility index (Phi) is 11.6. The van der Waals surface area contributed by atoms with Crippen molar-refractivity contribution < 1.29 is 53.6 Å². The van der Waals surface area contributed by atoms with Crippen LogP contribution in [0.5, 0.6) is 0 Å². The highest BCUT2D eigenvalue weighted by atomic mass is 19.1. The summed E-state index contributed by atoms with van der Waals surface area (Å²) in [6, 6.07) is 5.58. The molecule has 7 N–H and O–H groups in total. The molecule has 45 heavy (non-hydrogen) atoms. The molecule has 1 aromatic heterocycles. The number of aryl methyl sites for hydroxylation is 1. The number of benzene rings is 2. The molecular weight excluding hydrogens is 599 g/mol. The van der Waals surface area contributed by atoms with Gasteiger partial charge in [0.05, 0.1) is 29.8 Å². The van der Waals surface area contributed by atoms with Crippen molar-refractivity contribution in [2.24, 2.45) is 0 Å². The predicted octanol–water partition coefficient (Wildman–Crippen LogP) is 1.73. The number of carboxylic acids is 4. The van der Waals surface area contributed by atoms with Gasteiger partial charge in [0.25, 0.3) is 5.91 Å². The molecule has 3 amide bonds. The first-order valence-corrected chi connectivity index (χ1v) is 13.4. The Morgan fingerprint density at radius 1 is 0.867 bits per heavy atom. The Morgan fingerprint density at radius 3 is 2.11 bits per heavy atom. The third-order valence-electron chi connectivity index (χ3n) is 6.30. The predicted molar refractivity (Wildman–Crippen MR) is 152 cm³/mol. The van der Waals surface area contributed by atoms with E-state index in [-0.39, 0.29) is 35.3 Å². The third-order valence-corrected chi connectivity index (χ3v) is 6.30. The van der Waals surface area contributed by atoms with Gasteiger partial charge in [0.1, 0.15) is 12.1 Å². The Hall–Kier alpha value is -5.87. The summed E-state index contributed by atoms with van der Waals surface area (Å²) >= 11 is 0. The molecule has 3 aromatic rings. The lowest BCUT2D eigenvalue weighted by molar-refractivity contribution is -0.140. The highest BCUT2D eigenvalue weighted by Gasteiger charge is 2.25. The van der Waals surface area contributed by atoms with Gasteiger partial charge < -0.3 is 36.4 Å². The minimum atomic E-state index is -1.55. The topological polar surface area (TPSA) is 250 Å². The van der Waals surface area contributed by atoms with E-state index in [1.807, 2.05) is 5.32 Å². The monoisotopic (exact) mass is 628 g/mol. The number of carbonyl (C=O) groups is 6. The summed E-state index contributed by atoms with van der Waals surface area (Å²) in [4.78, 5) is 70.7. The quantitative estimate of drug-likeness (QED) is 0.120. The van der Waals surface area contributed by atoms with E-state index in [9.17, 15) is 48.5 Å². The number of urea groups is 1. The fraction of sp³-hybridized carbons (Fsp3) is 0.286. The second-order valence-corrected chi connectivity index (χ2v) is 9.71. The van der Waals surface area contributed by atoms with Gasteiger partial charge in [-0.1, -0.05) is 17.3 Å². The van der Waals surface area contributed by atoms with E-state index in [0.29, 0.717) is 17.7 Å². The number of halogens is 1. The number of carboxylic acid groups (broad SMARTS) is 4. The first kappa shape index (κ1) is 33.6. The summed E-state index contributed by atoms with van der Waals surface area (Å²) in [6.07, 6.45) is 0.915. The smallest absolute Gasteiger partial charge is 0.335 e. The van der Waals surface area contributed by atoms with Gasteiger partial charge in [-0.3, -0.25) is 14.0 Å². The van der Waals surface area contributed by atoms with Gasteiger partial charge in [0.2, 0.25) is 0 Å². The summed E-state index contributed by atoms with van der Waals surface area (Å²) in [5.74, 6) is -6.13. The molecule has 3 rings (SSSR count). The van der Waals surface area contributed by atoms with Gasteiger partial charge in [-0.25, -0.2) is 23.9 Å². The van der Waals surface area contributed by atoms with Crippen LogP contribution in [0.2, 0.25) is 0 Å². The summed E-state index contributed by atoms with van der Waals surface area (Å²) in [6.45, 7) is -0.534. The minimum Gasteiger partial charge on any atom is -0.481 e. The third kappa shape index (κ3) is 10.1. The zero-order valence-corrected chi connectivity index (χ0v) is 23.5. The zero-order chi connectivity index (χ0) is 33.1. The molecule has 0 aliphatic rings. The molecule has 17 heteroatoms. The van der Waals surface area contributed by atoms with Crippen LogP contribution in [0, 0.1) is 0 Å². The molecule has 0 spiro atoms. The molecule has 0 aliphatic heterocycles. The van der Waals surface area contributed by atoms with E-state index in [0.717, 1.165) is 0 Å². The lowest BCUT2D eigenvalue weighted by Crippen LogP contribution is -2.51. The summed E-state index contributed by atoms with van der Waals surface area (Å²) < 4.78 is 13.8. The van der Waals surface area contributed by atoms with Crippen LogP contribution in [-0.4, -0.2) is 90.0 Å². The summed E-state index contributed by atoms with van der Waals surface area (Å²) in [5, 5.41) is 51.7. The van der Waals surface area contributed by atoms with E-state index < -0.39 is 67.4 Å². The maximum atomic E-state index is 13.0. The van der Waals surface area contributed by atoms with Gasteiger partial charge in [-0.05, 0) is 55.2 Å². The number of carbonyl (C=O) groups excluding carboxylic acids is 2. The highest BCUT2D eigenvalue weighted by Crippen LogP contribution is 2.18. The summed E-state index contributed by atoms with van der Waals surface area (Å²) in [7, 11) is 0. The number of anilines is 1. The fourth-order valence-corrected chi connectivity index (χ4v) is 4.03. The molecule has 0 radical (unpaired) electrons. The molecule has 0 saturated heterocycles. The molecule has 1 heterocycles.